The maximum atomic E-state index is 5.88. The van der Waals surface area contributed by atoms with E-state index < -0.39 is 0 Å². The topological polar surface area (TPSA) is 35.0 Å². The summed E-state index contributed by atoms with van der Waals surface area (Å²) in [7, 11) is 0. The van der Waals surface area contributed by atoms with Crippen LogP contribution < -0.4 is 0 Å². The van der Waals surface area contributed by atoms with Crippen molar-refractivity contribution in [3.05, 3.63) is 90.8 Å². The summed E-state index contributed by atoms with van der Waals surface area (Å²) >= 11 is 0. The van der Waals surface area contributed by atoms with Crippen molar-refractivity contribution < 1.29 is 4.74 Å². The third-order valence-electron chi connectivity index (χ3n) is 5.91. The minimum Gasteiger partial charge on any atom is -0.379 e. The van der Waals surface area contributed by atoms with Crippen LogP contribution in [0.25, 0.3) is 28.6 Å². The predicted octanol–water partition coefficient (Wildman–Crippen LogP) is 8.32. The Bertz CT molecular complexity index is 1000. The van der Waals surface area contributed by atoms with E-state index in [9.17, 15) is 0 Å². The van der Waals surface area contributed by atoms with Gasteiger partial charge in [0.05, 0.1) is 6.10 Å². The van der Waals surface area contributed by atoms with E-state index in [1.807, 2.05) is 18.5 Å². The summed E-state index contributed by atoms with van der Waals surface area (Å²) in [4.78, 5) is 8.96. The van der Waals surface area contributed by atoms with Crippen LogP contribution in [0.1, 0.15) is 63.5 Å². The monoisotopic (exact) mass is 454 g/mol. The van der Waals surface area contributed by atoms with Gasteiger partial charge in [-0.2, -0.15) is 0 Å². The van der Waals surface area contributed by atoms with Crippen LogP contribution in [0.15, 0.2) is 79.7 Å². The van der Waals surface area contributed by atoms with Crippen LogP contribution in [0.4, 0.5) is 0 Å². The summed E-state index contributed by atoms with van der Waals surface area (Å²) in [6, 6.07) is 17.2. The lowest BCUT2D eigenvalue weighted by Crippen LogP contribution is -2.08. The molecule has 1 unspecified atom stereocenters. The number of unbranched alkanes of at least 4 members (excludes halogenated alkanes) is 3. The third-order valence-corrected chi connectivity index (χ3v) is 5.91. The first kappa shape index (κ1) is 25.6. The van der Waals surface area contributed by atoms with Gasteiger partial charge >= 0.3 is 0 Å². The van der Waals surface area contributed by atoms with Gasteiger partial charge in [0, 0.05) is 24.6 Å². The van der Waals surface area contributed by atoms with E-state index in [2.05, 4.69) is 91.1 Å². The van der Waals surface area contributed by atoms with Crippen molar-refractivity contribution in [1.82, 2.24) is 9.97 Å². The average Bonchev–Trinajstić information content (AvgIpc) is 2.88. The zero-order valence-electron chi connectivity index (χ0n) is 20.7. The molecule has 3 aromatic rings. The molecule has 3 nitrogen and oxygen atoms in total. The van der Waals surface area contributed by atoms with E-state index in [4.69, 9.17) is 4.74 Å². The van der Waals surface area contributed by atoms with Crippen molar-refractivity contribution in [3.8, 4) is 22.5 Å². The highest BCUT2D eigenvalue weighted by Crippen LogP contribution is 2.24. The molecule has 1 heterocycles. The summed E-state index contributed by atoms with van der Waals surface area (Å²) in [6.45, 7) is 9.07. The zero-order chi connectivity index (χ0) is 24.0. The Balaban J connectivity index is 1.46. The molecule has 0 aliphatic rings. The lowest BCUT2D eigenvalue weighted by molar-refractivity contribution is 0.0566. The van der Waals surface area contributed by atoms with Gasteiger partial charge in [-0.15, -0.1) is 6.58 Å². The highest BCUT2D eigenvalue weighted by atomic mass is 16.5. The first-order valence-electron chi connectivity index (χ1n) is 12.6. The van der Waals surface area contributed by atoms with Gasteiger partial charge in [-0.05, 0) is 61.3 Å². The fraction of sp³-hybridized carbons (Fsp3) is 0.355. The molecule has 0 fully saturated rings. The second kappa shape index (κ2) is 14.3. The molecule has 0 spiro atoms. The Morgan fingerprint density at radius 3 is 2.18 bits per heavy atom. The molecule has 0 N–H and O–H groups in total. The number of hydrogen-bond acceptors (Lipinski definition) is 3. The van der Waals surface area contributed by atoms with Gasteiger partial charge in [0.15, 0.2) is 5.82 Å². The molecule has 1 aromatic heterocycles. The second-order valence-electron chi connectivity index (χ2n) is 8.83. The number of nitrogens with zero attached hydrogens (tertiary/aromatic N) is 2. The zero-order valence-corrected chi connectivity index (χ0v) is 20.7. The molecular formula is C31H38N2O. The van der Waals surface area contributed by atoms with Gasteiger partial charge in [0.1, 0.15) is 0 Å². The van der Waals surface area contributed by atoms with Gasteiger partial charge in [-0.1, -0.05) is 86.5 Å². The quantitative estimate of drug-likeness (QED) is 0.181. The number of rotatable bonds is 14. The molecule has 0 saturated heterocycles. The third kappa shape index (κ3) is 8.39. The van der Waals surface area contributed by atoms with Gasteiger partial charge in [0.2, 0.25) is 0 Å². The lowest BCUT2D eigenvalue weighted by atomic mass is 10.0. The minimum absolute atomic E-state index is 0.360. The number of allylic oxidation sites excluding steroid dienone is 2. The van der Waals surface area contributed by atoms with Gasteiger partial charge in [-0.3, -0.25) is 0 Å². The lowest BCUT2D eigenvalue weighted by Gasteiger charge is -2.12. The van der Waals surface area contributed by atoms with Crippen LogP contribution in [0.2, 0.25) is 0 Å². The maximum absolute atomic E-state index is 5.88. The first-order chi connectivity index (χ1) is 16.7. The molecule has 3 heteroatoms. The van der Waals surface area contributed by atoms with Crippen LogP contribution in [0.5, 0.6) is 0 Å². The second-order valence-corrected chi connectivity index (χ2v) is 8.83. The molecule has 3 rings (SSSR count). The summed E-state index contributed by atoms with van der Waals surface area (Å²) < 4.78 is 5.88. The fourth-order valence-corrected chi connectivity index (χ4v) is 3.84. The standard InChI is InChI=1S/C31H38N2O/c1-4-6-10-22-34-25(3)12-8-7-9-13-26-14-16-28(17-15-26)29-18-20-30(21-19-29)31-32-23-27(11-5-2)24-33-31/h5,9,13-21,23-25H,2,4,6-8,10-12,22H2,1,3H3/b13-9+. The number of benzene rings is 2. The average molecular weight is 455 g/mol. The van der Waals surface area contributed by atoms with Crippen LogP contribution in [-0.4, -0.2) is 22.7 Å². The smallest absolute Gasteiger partial charge is 0.159 e. The van der Waals surface area contributed by atoms with Crippen molar-refractivity contribution in [2.45, 2.75) is 64.9 Å². The van der Waals surface area contributed by atoms with Crippen molar-refractivity contribution >= 4 is 6.08 Å². The summed E-state index contributed by atoms with van der Waals surface area (Å²) in [6.07, 6.45) is 18.3. The highest BCUT2D eigenvalue weighted by molar-refractivity contribution is 5.69. The Labute approximate surface area is 205 Å². The Hall–Kier alpha value is -3.04. The number of ether oxygens (including phenoxy) is 1. The molecule has 0 radical (unpaired) electrons. The molecule has 0 aliphatic heterocycles. The van der Waals surface area contributed by atoms with Crippen molar-refractivity contribution in [2.75, 3.05) is 6.61 Å². The van der Waals surface area contributed by atoms with Crippen molar-refractivity contribution in [1.29, 1.82) is 0 Å². The van der Waals surface area contributed by atoms with Crippen LogP contribution >= 0.6 is 0 Å². The van der Waals surface area contributed by atoms with E-state index >= 15 is 0 Å². The fourth-order valence-electron chi connectivity index (χ4n) is 3.84. The van der Waals surface area contributed by atoms with Crippen molar-refractivity contribution in [2.24, 2.45) is 0 Å². The predicted molar refractivity (Wildman–Crippen MR) is 145 cm³/mol. The Kier molecular flexibility index (Phi) is 10.7. The SMILES string of the molecule is C=CCc1cnc(-c2ccc(-c3ccc(/C=C/CCCC(C)OCCCCC)cc3)cc2)nc1. The molecule has 0 amide bonds. The van der Waals surface area contributed by atoms with Crippen molar-refractivity contribution in [3.63, 3.8) is 0 Å². The normalized spacial score (nSPS) is 12.2. The molecule has 1 atom stereocenters. The van der Waals surface area contributed by atoms with Gasteiger partial charge < -0.3 is 4.74 Å². The van der Waals surface area contributed by atoms with E-state index in [0.29, 0.717) is 6.10 Å². The molecule has 0 aliphatic carbocycles. The van der Waals surface area contributed by atoms with E-state index in [-0.39, 0.29) is 0 Å². The molecule has 34 heavy (non-hydrogen) atoms. The Morgan fingerprint density at radius 2 is 1.53 bits per heavy atom. The molecule has 0 saturated carbocycles. The van der Waals surface area contributed by atoms with E-state index in [0.717, 1.165) is 49.2 Å². The molecule has 2 aromatic carbocycles. The minimum atomic E-state index is 0.360. The van der Waals surface area contributed by atoms with E-state index in [1.54, 1.807) is 0 Å². The number of hydrogen-bond donors (Lipinski definition) is 0. The van der Waals surface area contributed by atoms with E-state index in [1.165, 1.54) is 36.0 Å². The maximum Gasteiger partial charge on any atom is 0.159 e. The number of aromatic nitrogens is 2. The molecule has 0 bridgehead atoms. The summed E-state index contributed by atoms with van der Waals surface area (Å²) in [5, 5.41) is 0. The molecular weight excluding hydrogens is 416 g/mol. The van der Waals surface area contributed by atoms with Gasteiger partial charge in [0.25, 0.3) is 0 Å². The largest absolute Gasteiger partial charge is 0.379 e. The van der Waals surface area contributed by atoms with Gasteiger partial charge in [-0.25, -0.2) is 9.97 Å². The Morgan fingerprint density at radius 1 is 0.882 bits per heavy atom. The van der Waals surface area contributed by atoms with Crippen LogP contribution in [0, 0.1) is 0 Å². The summed E-state index contributed by atoms with van der Waals surface area (Å²) in [5.41, 5.74) is 5.73. The van der Waals surface area contributed by atoms with Crippen LogP contribution in [0.3, 0.4) is 0 Å². The van der Waals surface area contributed by atoms with Crippen LogP contribution in [-0.2, 0) is 11.2 Å². The molecule has 178 valence electrons. The first-order valence-corrected chi connectivity index (χ1v) is 12.6. The summed E-state index contributed by atoms with van der Waals surface area (Å²) in [5.74, 6) is 0.747. The highest BCUT2D eigenvalue weighted by Gasteiger charge is 2.04.